The van der Waals surface area contributed by atoms with Gasteiger partial charge < -0.3 is 18.9 Å². The van der Waals surface area contributed by atoms with Crippen LogP contribution in [-0.4, -0.2) is 33.4 Å². The highest BCUT2D eigenvalue weighted by molar-refractivity contribution is 5.92. The molecular formula is C19H18N2O6. The van der Waals surface area contributed by atoms with E-state index >= 15 is 0 Å². The molecular weight excluding hydrogens is 352 g/mol. The van der Waals surface area contributed by atoms with Gasteiger partial charge in [0, 0.05) is 17.2 Å². The van der Waals surface area contributed by atoms with E-state index in [4.69, 9.17) is 18.9 Å². The van der Waals surface area contributed by atoms with Crippen molar-refractivity contribution in [1.82, 2.24) is 0 Å². The third kappa shape index (κ3) is 3.62. The molecule has 0 aliphatic heterocycles. The van der Waals surface area contributed by atoms with Gasteiger partial charge in [0.2, 0.25) is 5.75 Å². The lowest BCUT2D eigenvalue weighted by Crippen LogP contribution is -2.04. The minimum Gasteiger partial charge on any atom is -0.496 e. The average molecular weight is 370 g/mol. The van der Waals surface area contributed by atoms with Crippen LogP contribution in [0.3, 0.4) is 0 Å². The summed E-state index contributed by atoms with van der Waals surface area (Å²) in [5.74, 6) is 0.849. The Morgan fingerprint density at radius 2 is 1.67 bits per heavy atom. The second-order valence-corrected chi connectivity index (χ2v) is 5.18. The van der Waals surface area contributed by atoms with E-state index in [9.17, 15) is 15.4 Å². The van der Waals surface area contributed by atoms with Gasteiger partial charge in [-0.3, -0.25) is 10.1 Å². The number of nitro benzene ring substituents is 1. The number of allylic oxidation sites excluding steroid dienone is 1. The number of para-hydroxylation sites is 1. The van der Waals surface area contributed by atoms with Gasteiger partial charge in [0.15, 0.2) is 11.5 Å². The summed E-state index contributed by atoms with van der Waals surface area (Å²) in [6.45, 7) is 0. The van der Waals surface area contributed by atoms with Gasteiger partial charge in [-0.05, 0) is 6.07 Å². The highest BCUT2D eigenvalue weighted by atomic mass is 16.6. The molecule has 140 valence electrons. The summed E-state index contributed by atoms with van der Waals surface area (Å²) in [5, 5.41) is 21.1. The minimum absolute atomic E-state index is 0.0796. The lowest BCUT2D eigenvalue weighted by Gasteiger charge is -2.18. The quantitative estimate of drug-likeness (QED) is 0.417. The Balaban J connectivity index is 2.98. The van der Waals surface area contributed by atoms with Crippen molar-refractivity contribution in [2.75, 3.05) is 28.4 Å². The molecule has 0 bridgehead atoms. The molecule has 8 nitrogen and oxygen atoms in total. The number of rotatable bonds is 7. The van der Waals surface area contributed by atoms with Crippen molar-refractivity contribution in [3.63, 3.8) is 0 Å². The third-order valence-corrected chi connectivity index (χ3v) is 3.88. The molecule has 0 spiro atoms. The number of hydrogen-bond acceptors (Lipinski definition) is 7. The van der Waals surface area contributed by atoms with Crippen LogP contribution in [0.5, 0.6) is 23.0 Å². The zero-order chi connectivity index (χ0) is 20.0. The zero-order valence-electron chi connectivity index (χ0n) is 15.3. The Labute approximate surface area is 156 Å². The Hall–Kier alpha value is -3.73. The number of hydrogen-bond donors (Lipinski definition) is 0. The Kier molecular flexibility index (Phi) is 6.23. The number of benzene rings is 2. The molecule has 0 aliphatic rings. The van der Waals surface area contributed by atoms with E-state index in [1.165, 1.54) is 40.6 Å². The number of ether oxygens (including phenoxy) is 4. The molecule has 0 amide bonds. The van der Waals surface area contributed by atoms with E-state index in [0.717, 1.165) is 0 Å². The summed E-state index contributed by atoms with van der Waals surface area (Å²) < 4.78 is 21.3. The van der Waals surface area contributed by atoms with Crippen molar-refractivity contribution in [2.24, 2.45) is 0 Å². The van der Waals surface area contributed by atoms with E-state index < -0.39 is 4.92 Å². The van der Waals surface area contributed by atoms with Gasteiger partial charge in [-0.15, -0.1) is 0 Å². The molecule has 0 saturated carbocycles. The van der Waals surface area contributed by atoms with E-state index in [2.05, 4.69) is 0 Å². The molecule has 0 heterocycles. The fourth-order valence-corrected chi connectivity index (χ4v) is 2.76. The fourth-order valence-electron chi connectivity index (χ4n) is 2.76. The van der Waals surface area contributed by atoms with Crippen LogP contribution in [0, 0.1) is 21.4 Å². The minimum atomic E-state index is -0.569. The van der Waals surface area contributed by atoms with Crippen molar-refractivity contribution < 1.29 is 23.9 Å². The lowest BCUT2D eigenvalue weighted by atomic mass is 9.94. The van der Waals surface area contributed by atoms with Crippen molar-refractivity contribution in [3.8, 4) is 29.1 Å². The highest BCUT2D eigenvalue weighted by Crippen LogP contribution is 2.49. The number of nitrogens with zero attached hydrogens (tertiary/aromatic N) is 2. The number of nitro groups is 1. The van der Waals surface area contributed by atoms with E-state index in [0.29, 0.717) is 11.3 Å². The molecule has 0 aliphatic carbocycles. The molecule has 27 heavy (non-hydrogen) atoms. The molecule has 0 saturated heterocycles. The monoisotopic (exact) mass is 370 g/mol. The maximum atomic E-state index is 11.8. The average Bonchev–Trinajstić information content (AvgIpc) is 2.70. The first kappa shape index (κ1) is 19.6. The molecule has 2 aromatic carbocycles. The first-order valence-electron chi connectivity index (χ1n) is 7.74. The Bertz CT molecular complexity index is 931. The van der Waals surface area contributed by atoms with Crippen LogP contribution < -0.4 is 18.9 Å². The molecule has 2 rings (SSSR count). The van der Waals surface area contributed by atoms with Crippen molar-refractivity contribution in [1.29, 1.82) is 5.26 Å². The molecule has 2 aromatic rings. The predicted octanol–water partition coefficient (Wildman–Crippen LogP) is 3.58. The van der Waals surface area contributed by atoms with Gasteiger partial charge in [0.05, 0.1) is 45.5 Å². The van der Waals surface area contributed by atoms with Crippen LogP contribution in [0.1, 0.15) is 11.1 Å². The maximum Gasteiger partial charge on any atom is 0.284 e. The van der Waals surface area contributed by atoms with Crippen LogP contribution in [-0.2, 0) is 0 Å². The maximum absolute atomic E-state index is 11.8. The first-order chi connectivity index (χ1) is 13.0. The van der Waals surface area contributed by atoms with Gasteiger partial charge in [-0.2, -0.15) is 5.26 Å². The van der Waals surface area contributed by atoms with E-state index in [1.807, 2.05) is 6.07 Å². The molecule has 0 N–H and O–H groups in total. The third-order valence-electron chi connectivity index (χ3n) is 3.88. The summed E-state index contributed by atoms with van der Waals surface area (Å²) in [7, 11) is 5.60. The Morgan fingerprint density at radius 1 is 1.04 bits per heavy atom. The molecule has 0 unspecified atom stereocenters. The second-order valence-electron chi connectivity index (χ2n) is 5.18. The van der Waals surface area contributed by atoms with Crippen molar-refractivity contribution in [2.45, 2.75) is 0 Å². The van der Waals surface area contributed by atoms with Crippen molar-refractivity contribution in [3.05, 3.63) is 57.6 Å². The zero-order valence-corrected chi connectivity index (χ0v) is 15.3. The smallest absolute Gasteiger partial charge is 0.284 e. The molecule has 0 fully saturated rings. The lowest BCUT2D eigenvalue weighted by molar-refractivity contribution is -0.385. The van der Waals surface area contributed by atoms with Gasteiger partial charge in [0.25, 0.3) is 5.69 Å². The van der Waals surface area contributed by atoms with Gasteiger partial charge in [0.1, 0.15) is 11.3 Å². The second kappa shape index (κ2) is 8.58. The van der Waals surface area contributed by atoms with Crippen LogP contribution in [0.25, 0.3) is 5.57 Å². The van der Waals surface area contributed by atoms with Gasteiger partial charge in [-0.1, -0.05) is 18.2 Å². The number of methoxy groups -OCH3 is 4. The predicted molar refractivity (Wildman–Crippen MR) is 98.4 cm³/mol. The van der Waals surface area contributed by atoms with Gasteiger partial charge in [-0.25, -0.2) is 0 Å². The van der Waals surface area contributed by atoms with Crippen LogP contribution in [0.15, 0.2) is 36.4 Å². The summed E-state index contributed by atoms with van der Waals surface area (Å²) in [6, 6.07) is 10.1. The SMILES string of the molecule is COc1ccccc1/C(=C/C#N)c1c([N+](=O)[O-])cc(OC)c(OC)c1OC. The topological polar surface area (TPSA) is 104 Å². The highest BCUT2D eigenvalue weighted by Gasteiger charge is 2.31. The van der Waals surface area contributed by atoms with Crippen LogP contribution >= 0.6 is 0 Å². The Morgan fingerprint density at radius 3 is 2.19 bits per heavy atom. The molecule has 0 aromatic heterocycles. The molecule has 0 radical (unpaired) electrons. The fraction of sp³-hybridized carbons (Fsp3) is 0.211. The standard InChI is InChI=1S/C19H18N2O6/c1-24-15-8-6-5-7-12(15)13(9-10-20)17-14(21(22)23)11-16(25-2)18(26-3)19(17)27-4/h5-9,11H,1-4H3/b13-9-. The summed E-state index contributed by atoms with van der Waals surface area (Å²) >= 11 is 0. The van der Waals surface area contributed by atoms with Crippen LogP contribution in [0.4, 0.5) is 5.69 Å². The molecule has 0 atom stereocenters. The van der Waals surface area contributed by atoms with Gasteiger partial charge >= 0.3 is 0 Å². The summed E-state index contributed by atoms with van der Waals surface area (Å²) in [6.07, 6.45) is 1.20. The van der Waals surface area contributed by atoms with E-state index in [-0.39, 0.29) is 34.1 Å². The number of nitriles is 1. The molecule has 8 heteroatoms. The van der Waals surface area contributed by atoms with Crippen LogP contribution in [0.2, 0.25) is 0 Å². The summed E-state index contributed by atoms with van der Waals surface area (Å²) in [4.78, 5) is 11.2. The summed E-state index contributed by atoms with van der Waals surface area (Å²) in [5.41, 5.74) is 0.553. The normalized spacial score (nSPS) is 10.7. The first-order valence-corrected chi connectivity index (χ1v) is 7.74. The van der Waals surface area contributed by atoms with Crippen molar-refractivity contribution >= 4 is 11.3 Å². The largest absolute Gasteiger partial charge is 0.496 e. The van der Waals surface area contributed by atoms with E-state index in [1.54, 1.807) is 24.3 Å².